The van der Waals surface area contributed by atoms with E-state index in [-0.39, 0.29) is 6.61 Å². The molecular weight excluding hydrogens is 212 g/mol. The van der Waals surface area contributed by atoms with Crippen LogP contribution in [0.25, 0.3) is 10.1 Å². The molecule has 1 aromatic carbocycles. The second-order valence-corrected chi connectivity index (χ2v) is 5.25. The van der Waals surface area contributed by atoms with Gasteiger partial charge in [-0.25, -0.2) is 0 Å². The molecule has 0 spiro atoms. The van der Waals surface area contributed by atoms with Crippen LogP contribution in [-0.4, -0.2) is 11.4 Å². The van der Waals surface area contributed by atoms with Gasteiger partial charge in [0.05, 0.1) is 6.61 Å². The Hall–Kier alpha value is -0.510. The molecule has 1 N–H and O–H groups in total. The van der Waals surface area contributed by atoms with Gasteiger partial charge in [0.25, 0.3) is 0 Å². The monoisotopic (exact) mass is 224 g/mol. The second-order valence-electron chi connectivity index (χ2n) is 3.18. The van der Waals surface area contributed by atoms with E-state index >= 15 is 0 Å². The largest absolute Gasteiger partial charge is 0.392 e. The number of thioether (sulfide) groups is 1. The number of fused-ring (bicyclic) bond motifs is 1. The Morgan fingerprint density at radius 3 is 2.86 bits per heavy atom. The van der Waals surface area contributed by atoms with Gasteiger partial charge in [0.2, 0.25) is 0 Å². The van der Waals surface area contributed by atoms with Crippen LogP contribution in [0.1, 0.15) is 10.4 Å². The van der Waals surface area contributed by atoms with E-state index in [0.29, 0.717) is 0 Å². The van der Waals surface area contributed by atoms with Gasteiger partial charge in [0.15, 0.2) is 0 Å². The van der Waals surface area contributed by atoms with Gasteiger partial charge in [-0.05, 0) is 24.8 Å². The fraction of sp³-hybridized carbons (Fsp3) is 0.273. The molecule has 0 saturated heterocycles. The minimum Gasteiger partial charge on any atom is -0.392 e. The van der Waals surface area contributed by atoms with Gasteiger partial charge in [-0.2, -0.15) is 0 Å². The van der Waals surface area contributed by atoms with Crippen LogP contribution in [-0.2, 0) is 6.61 Å². The SMILES string of the molecule is CSc1c(C)sc2cc(CO)ccc12. The molecule has 1 aromatic heterocycles. The first-order chi connectivity index (χ1) is 6.76. The molecule has 1 heterocycles. The smallest absolute Gasteiger partial charge is 0.0682 e. The highest BCUT2D eigenvalue weighted by Crippen LogP contribution is 2.36. The molecular formula is C11H12OS2. The zero-order valence-electron chi connectivity index (χ0n) is 8.20. The zero-order chi connectivity index (χ0) is 10.1. The van der Waals surface area contributed by atoms with Crippen LogP contribution in [0.2, 0.25) is 0 Å². The van der Waals surface area contributed by atoms with Gasteiger partial charge in [0, 0.05) is 19.9 Å². The average Bonchev–Trinajstić information content (AvgIpc) is 2.51. The molecule has 1 nitrogen and oxygen atoms in total. The first-order valence-corrected chi connectivity index (χ1v) is 6.47. The van der Waals surface area contributed by atoms with Crippen molar-refractivity contribution in [3.05, 3.63) is 28.6 Å². The lowest BCUT2D eigenvalue weighted by molar-refractivity contribution is 0.282. The first kappa shape index (κ1) is 10.0. The highest BCUT2D eigenvalue weighted by atomic mass is 32.2. The highest BCUT2D eigenvalue weighted by molar-refractivity contribution is 7.99. The van der Waals surface area contributed by atoms with Crippen molar-refractivity contribution in [2.75, 3.05) is 6.26 Å². The van der Waals surface area contributed by atoms with Crippen molar-refractivity contribution in [3.63, 3.8) is 0 Å². The Morgan fingerprint density at radius 2 is 2.21 bits per heavy atom. The number of aryl methyl sites for hydroxylation is 1. The number of thiophene rings is 1. The highest BCUT2D eigenvalue weighted by Gasteiger charge is 2.07. The van der Waals surface area contributed by atoms with Gasteiger partial charge in [0.1, 0.15) is 0 Å². The van der Waals surface area contributed by atoms with Crippen molar-refractivity contribution < 1.29 is 5.11 Å². The number of aliphatic hydroxyl groups is 1. The van der Waals surface area contributed by atoms with Crippen molar-refractivity contribution >= 4 is 33.2 Å². The van der Waals surface area contributed by atoms with E-state index in [1.54, 1.807) is 23.1 Å². The Kier molecular flexibility index (Phi) is 2.81. The fourth-order valence-corrected chi connectivity index (χ4v) is 3.74. The Morgan fingerprint density at radius 1 is 1.43 bits per heavy atom. The maximum Gasteiger partial charge on any atom is 0.0682 e. The standard InChI is InChI=1S/C11H12OS2/c1-7-11(13-2)9-4-3-8(6-12)5-10(9)14-7/h3-5,12H,6H2,1-2H3. The van der Waals surface area contributed by atoms with E-state index in [2.05, 4.69) is 25.3 Å². The van der Waals surface area contributed by atoms with Crippen molar-refractivity contribution in [2.24, 2.45) is 0 Å². The molecule has 0 aliphatic rings. The molecule has 0 radical (unpaired) electrons. The van der Waals surface area contributed by atoms with E-state index in [1.165, 1.54) is 19.9 Å². The fourth-order valence-electron chi connectivity index (χ4n) is 1.59. The van der Waals surface area contributed by atoms with Crippen molar-refractivity contribution in [3.8, 4) is 0 Å². The Bertz CT molecular complexity index is 460. The number of benzene rings is 1. The molecule has 0 unspecified atom stereocenters. The maximum atomic E-state index is 9.03. The third kappa shape index (κ3) is 1.56. The Labute approximate surface area is 91.8 Å². The van der Waals surface area contributed by atoms with Crippen LogP contribution in [0.5, 0.6) is 0 Å². The van der Waals surface area contributed by atoms with Crippen molar-refractivity contribution in [1.29, 1.82) is 0 Å². The van der Waals surface area contributed by atoms with Crippen molar-refractivity contribution in [2.45, 2.75) is 18.4 Å². The van der Waals surface area contributed by atoms with E-state index in [0.717, 1.165) is 5.56 Å². The van der Waals surface area contributed by atoms with Crippen molar-refractivity contribution in [1.82, 2.24) is 0 Å². The zero-order valence-corrected chi connectivity index (χ0v) is 9.84. The lowest BCUT2D eigenvalue weighted by Crippen LogP contribution is -1.80. The summed E-state index contributed by atoms with van der Waals surface area (Å²) in [5.41, 5.74) is 0.992. The summed E-state index contributed by atoms with van der Waals surface area (Å²) in [5, 5.41) is 10.3. The molecule has 0 atom stereocenters. The first-order valence-electron chi connectivity index (χ1n) is 4.43. The summed E-state index contributed by atoms with van der Waals surface area (Å²) in [5.74, 6) is 0. The summed E-state index contributed by atoms with van der Waals surface area (Å²) in [6.45, 7) is 2.27. The molecule has 0 bridgehead atoms. The normalized spacial score (nSPS) is 11.1. The summed E-state index contributed by atoms with van der Waals surface area (Å²) in [6, 6.07) is 6.18. The molecule has 2 aromatic rings. The average molecular weight is 224 g/mol. The van der Waals surface area contributed by atoms with Gasteiger partial charge in [-0.15, -0.1) is 23.1 Å². The van der Waals surface area contributed by atoms with Crippen LogP contribution in [0.4, 0.5) is 0 Å². The van der Waals surface area contributed by atoms with Gasteiger partial charge in [-0.3, -0.25) is 0 Å². The third-order valence-electron chi connectivity index (χ3n) is 2.26. The summed E-state index contributed by atoms with van der Waals surface area (Å²) in [4.78, 5) is 2.73. The predicted molar refractivity (Wildman–Crippen MR) is 64.3 cm³/mol. The molecule has 0 fully saturated rings. The summed E-state index contributed by atoms with van der Waals surface area (Å²) in [6.07, 6.45) is 2.11. The molecule has 14 heavy (non-hydrogen) atoms. The number of hydrogen-bond donors (Lipinski definition) is 1. The number of aliphatic hydroxyl groups excluding tert-OH is 1. The lowest BCUT2D eigenvalue weighted by atomic mass is 10.2. The van der Waals surface area contributed by atoms with E-state index in [4.69, 9.17) is 5.11 Å². The van der Waals surface area contributed by atoms with E-state index in [9.17, 15) is 0 Å². The van der Waals surface area contributed by atoms with Gasteiger partial charge >= 0.3 is 0 Å². The quantitative estimate of drug-likeness (QED) is 0.789. The van der Waals surface area contributed by atoms with Gasteiger partial charge < -0.3 is 5.11 Å². The molecule has 74 valence electrons. The van der Waals surface area contributed by atoms with Gasteiger partial charge in [-0.1, -0.05) is 12.1 Å². The molecule has 2 rings (SSSR count). The molecule has 0 aliphatic carbocycles. The number of hydrogen-bond acceptors (Lipinski definition) is 3. The van der Waals surface area contributed by atoms with Crippen LogP contribution in [0.15, 0.2) is 23.1 Å². The minimum atomic E-state index is 0.126. The number of rotatable bonds is 2. The topological polar surface area (TPSA) is 20.2 Å². The molecule has 0 amide bonds. The minimum absolute atomic E-state index is 0.126. The van der Waals surface area contributed by atoms with E-state index in [1.807, 2.05) is 6.07 Å². The Balaban J connectivity index is 2.68. The third-order valence-corrected chi connectivity index (χ3v) is 4.39. The summed E-state index contributed by atoms with van der Waals surface area (Å²) >= 11 is 3.59. The predicted octanol–water partition coefficient (Wildman–Crippen LogP) is 3.42. The van der Waals surface area contributed by atoms with Crippen LogP contribution < -0.4 is 0 Å². The summed E-state index contributed by atoms with van der Waals surface area (Å²) in [7, 11) is 0. The molecule has 0 saturated carbocycles. The van der Waals surface area contributed by atoms with Crippen LogP contribution >= 0.6 is 23.1 Å². The lowest BCUT2D eigenvalue weighted by Gasteiger charge is -1.97. The second kappa shape index (κ2) is 3.93. The van der Waals surface area contributed by atoms with E-state index < -0.39 is 0 Å². The molecule has 3 heteroatoms. The summed E-state index contributed by atoms with van der Waals surface area (Å²) < 4.78 is 1.28. The van der Waals surface area contributed by atoms with Crippen LogP contribution in [0.3, 0.4) is 0 Å². The maximum absolute atomic E-state index is 9.03. The molecule has 0 aliphatic heterocycles. The van der Waals surface area contributed by atoms with Crippen LogP contribution in [0, 0.1) is 6.92 Å².